The fraction of sp³-hybridized carbons (Fsp3) is 0.250. The zero-order chi connectivity index (χ0) is 14.7. The molecule has 0 radical (unpaired) electrons. The maximum absolute atomic E-state index is 11.5. The lowest BCUT2D eigenvalue weighted by Crippen LogP contribution is -2.20. The van der Waals surface area contributed by atoms with Crippen LogP contribution in [0.3, 0.4) is 0 Å². The molecule has 0 unspecified atom stereocenters. The van der Waals surface area contributed by atoms with Crippen LogP contribution in [-0.4, -0.2) is 36.1 Å². The van der Waals surface area contributed by atoms with Crippen molar-refractivity contribution in [2.75, 3.05) is 23.8 Å². The molecule has 0 bridgehead atoms. The van der Waals surface area contributed by atoms with Crippen molar-refractivity contribution in [3.05, 3.63) is 22.7 Å². The number of halogens is 1. The third-order valence-electron chi connectivity index (χ3n) is 2.55. The van der Waals surface area contributed by atoms with Gasteiger partial charge in [-0.2, -0.15) is 0 Å². The molecule has 2 amide bonds. The number of fused-ring (bicyclic) bond motifs is 1. The SMILES string of the molecule is O=C(O)COCC(=O)Nc1cc2c(cc1Cl)NC(=O)C2. The van der Waals surface area contributed by atoms with Crippen LogP contribution in [0.15, 0.2) is 12.1 Å². The zero-order valence-electron chi connectivity index (χ0n) is 10.2. The molecule has 8 heteroatoms. The minimum atomic E-state index is -1.15. The summed E-state index contributed by atoms with van der Waals surface area (Å²) in [5.74, 6) is -1.81. The number of hydrogen-bond donors (Lipinski definition) is 3. The van der Waals surface area contributed by atoms with E-state index >= 15 is 0 Å². The van der Waals surface area contributed by atoms with E-state index in [1.807, 2.05) is 0 Å². The molecular formula is C12H11ClN2O5. The predicted octanol–water partition coefficient (Wildman–Crippen LogP) is 0.874. The van der Waals surface area contributed by atoms with Crippen LogP contribution in [-0.2, 0) is 25.5 Å². The Morgan fingerprint density at radius 1 is 1.40 bits per heavy atom. The molecule has 0 atom stereocenters. The smallest absolute Gasteiger partial charge is 0.329 e. The minimum Gasteiger partial charge on any atom is -0.480 e. The fourth-order valence-corrected chi connectivity index (χ4v) is 1.97. The second kappa shape index (κ2) is 5.89. The third-order valence-corrected chi connectivity index (χ3v) is 2.86. The van der Waals surface area contributed by atoms with Crippen molar-refractivity contribution >= 4 is 40.8 Å². The van der Waals surface area contributed by atoms with Gasteiger partial charge in [-0.25, -0.2) is 4.79 Å². The maximum Gasteiger partial charge on any atom is 0.329 e. The van der Waals surface area contributed by atoms with E-state index in [0.717, 1.165) is 5.56 Å². The summed E-state index contributed by atoms with van der Waals surface area (Å²) in [5.41, 5.74) is 1.71. The topological polar surface area (TPSA) is 105 Å². The van der Waals surface area contributed by atoms with E-state index in [2.05, 4.69) is 15.4 Å². The maximum atomic E-state index is 11.5. The largest absolute Gasteiger partial charge is 0.480 e. The minimum absolute atomic E-state index is 0.135. The Labute approximate surface area is 118 Å². The summed E-state index contributed by atoms with van der Waals surface area (Å²) in [6, 6.07) is 3.15. The molecule has 7 nitrogen and oxygen atoms in total. The summed E-state index contributed by atoms with van der Waals surface area (Å²) in [7, 11) is 0. The molecule has 1 heterocycles. The molecule has 0 aliphatic carbocycles. The Morgan fingerprint density at radius 2 is 2.15 bits per heavy atom. The number of carbonyl (C=O) groups excluding carboxylic acids is 2. The first-order chi connectivity index (χ1) is 9.45. The van der Waals surface area contributed by atoms with Crippen molar-refractivity contribution in [3.63, 3.8) is 0 Å². The molecular weight excluding hydrogens is 288 g/mol. The van der Waals surface area contributed by atoms with E-state index in [0.29, 0.717) is 11.4 Å². The van der Waals surface area contributed by atoms with Crippen LogP contribution in [0.4, 0.5) is 11.4 Å². The molecule has 1 aromatic rings. The highest BCUT2D eigenvalue weighted by atomic mass is 35.5. The van der Waals surface area contributed by atoms with E-state index in [1.165, 1.54) is 0 Å². The number of nitrogens with one attached hydrogen (secondary N) is 2. The second-order valence-electron chi connectivity index (χ2n) is 4.15. The number of carboxylic acid groups (broad SMARTS) is 1. The monoisotopic (exact) mass is 298 g/mol. The molecule has 1 aliphatic rings. The van der Waals surface area contributed by atoms with Gasteiger partial charge in [-0.3, -0.25) is 9.59 Å². The van der Waals surface area contributed by atoms with Crippen LogP contribution in [0, 0.1) is 0 Å². The van der Waals surface area contributed by atoms with Gasteiger partial charge in [0.05, 0.1) is 17.1 Å². The standard InChI is InChI=1S/C12H11ClN2O5/c13-7-3-8-6(2-10(16)14-8)1-9(7)15-11(17)4-20-5-12(18)19/h1,3H,2,4-5H2,(H,14,16)(H,15,17)(H,18,19). The number of carboxylic acids is 1. The number of anilines is 2. The summed E-state index contributed by atoms with van der Waals surface area (Å²) >= 11 is 5.98. The Balaban J connectivity index is 2.00. The first kappa shape index (κ1) is 14.3. The van der Waals surface area contributed by atoms with Crippen LogP contribution in [0.1, 0.15) is 5.56 Å². The predicted molar refractivity (Wildman–Crippen MR) is 70.9 cm³/mol. The van der Waals surface area contributed by atoms with Gasteiger partial charge < -0.3 is 20.5 Å². The Hall–Kier alpha value is -2.12. The Bertz CT molecular complexity index is 587. The lowest BCUT2D eigenvalue weighted by molar-refractivity contribution is -0.143. The molecule has 1 aliphatic heterocycles. The average molecular weight is 299 g/mol. The van der Waals surface area contributed by atoms with Gasteiger partial charge in [-0.1, -0.05) is 11.6 Å². The van der Waals surface area contributed by atoms with Crippen molar-refractivity contribution in [1.29, 1.82) is 0 Å². The highest BCUT2D eigenvalue weighted by Gasteiger charge is 2.20. The molecule has 0 fully saturated rings. The summed E-state index contributed by atoms with van der Waals surface area (Å²) in [6.07, 6.45) is 0.227. The van der Waals surface area contributed by atoms with E-state index < -0.39 is 25.1 Å². The highest BCUT2D eigenvalue weighted by Crippen LogP contribution is 2.32. The number of carbonyl (C=O) groups is 3. The molecule has 3 N–H and O–H groups in total. The van der Waals surface area contributed by atoms with E-state index in [-0.39, 0.29) is 17.4 Å². The normalized spacial score (nSPS) is 12.8. The van der Waals surface area contributed by atoms with Crippen molar-refractivity contribution < 1.29 is 24.2 Å². The summed E-state index contributed by atoms with van der Waals surface area (Å²) in [4.78, 5) is 33.0. The van der Waals surface area contributed by atoms with Gasteiger partial charge >= 0.3 is 5.97 Å². The first-order valence-electron chi connectivity index (χ1n) is 5.67. The Morgan fingerprint density at radius 3 is 2.85 bits per heavy atom. The molecule has 106 valence electrons. The van der Waals surface area contributed by atoms with Gasteiger partial charge in [-0.05, 0) is 17.7 Å². The number of aliphatic carboxylic acids is 1. The highest BCUT2D eigenvalue weighted by molar-refractivity contribution is 6.34. The van der Waals surface area contributed by atoms with Gasteiger partial charge in [-0.15, -0.1) is 0 Å². The van der Waals surface area contributed by atoms with Crippen LogP contribution in [0.5, 0.6) is 0 Å². The zero-order valence-corrected chi connectivity index (χ0v) is 11.0. The average Bonchev–Trinajstić information content (AvgIpc) is 2.68. The lowest BCUT2D eigenvalue weighted by atomic mass is 10.1. The van der Waals surface area contributed by atoms with Crippen molar-refractivity contribution in [3.8, 4) is 0 Å². The van der Waals surface area contributed by atoms with E-state index in [1.54, 1.807) is 12.1 Å². The van der Waals surface area contributed by atoms with Crippen molar-refractivity contribution in [2.45, 2.75) is 6.42 Å². The van der Waals surface area contributed by atoms with Gasteiger partial charge in [0.25, 0.3) is 0 Å². The summed E-state index contributed by atoms with van der Waals surface area (Å²) in [6.45, 7) is -0.944. The molecule has 0 saturated heterocycles. The molecule has 20 heavy (non-hydrogen) atoms. The fourth-order valence-electron chi connectivity index (χ4n) is 1.76. The molecule has 0 saturated carbocycles. The van der Waals surface area contributed by atoms with Crippen molar-refractivity contribution in [1.82, 2.24) is 0 Å². The van der Waals surface area contributed by atoms with E-state index in [4.69, 9.17) is 16.7 Å². The number of rotatable bonds is 5. The van der Waals surface area contributed by atoms with Crippen LogP contribution in [0.2, 0.25) is 5.02 Å². The number of hydrogen-bond acceptors (Lipinski definition) is 4. The third kappa shape index (κ3) is 3.46. The number of amides is 2. The van der Waals surface area contributed by atoms with Crippen LogP contribution >= 0.6 is 11.6 Å². The summed E-state index contributed by atoms with van der Waals surface area (Å²) < 4.78 is 4.66. The van der Waals surface area contributed by atoms with Gasteiger partial charge in [0.1, 0.15) is 13.2 Å². The van der Waals surface area contributed by atoms with Gasteiger partial charge in [0.15, 0.2) is 0 Å². The first-order valence-corrected chi connectivity index (χ1v) is 6.05. The van der Waals surface area contributed by atoms with Crippen LogP contribution < -0.4 is 10.6 Å². The van der Waals surface area contributed by atoms with Gasteiger partial charge in [0.2, 0.25) is 11.8 Å². The molecule has 1 aromatic carbocycles. The van der Waals surface area contributed by atoms with E-state index in [9.17, 15) is 14.4 Å². The quantitative estimate of drug-likeness (QED) is 0.748. The second-order valence-corrected chi connectivity index (χ2v) is 4.56. The molecule has 2 rings (SSSR count). The molecule has 0 spiro atoms. The summed E-state index contributed by atoms with van der Waals surface area (Å²) in [5, 5.41) is 13.8. The number of benzene rings is 1. The lowest BCUT2D eigenvalue weighted by Gasteiger charge is -2.09. The van der Waals surface area contributed by atoms with Crippen molar-refractivity contribution in [2.24, 2.45) is 0 Å². The van der Waals surface area contributed by atoms with Gasteiger partial charge in [0, 0.05) is 5.69 Å². The Kier molecular flexibility index (Phi) is 4.21. The molecule has 0 aromatic heterocycles. The van der Waals surface area contributed by atoms with Crippen LogP contribution in [0.25, 0.3) is 0 Å². The number of ether oxygens (including phenoxy) is 1.